The lowest BCUT2D eigenvalue weighted by Crippen LogP contribution is -2.32. The van der Waals surface area contributed by atoms with Crippen LogP contribution in [0.25, 0.3) is 0 Å². The molecule has 0 saturated heterocycles. The molecule has 0 unspecified atom stereocenters. The molecule has 1 amide bonds. The van der Waals surface area contributed by atoms with Gasteiger partial charge in [-0.25, -0.2) is 8.42 Å². The molecule has 1 N–H and O–H groups in total. The van der Waals surface area contributed by atoms with Crippen LogP contribution in [0.2, 0.25) is 0 Å². The summed E-state index contributed by atoms with van der Waals surface area (Å²) in [5, 5.41) is 2.89. The molecule has 0 saturated carbocycles. The van der Waals surface area contributed by atoms with Gasteiger partial charge in [-0.2, -0.15) is 8.78 Å². The Bertz CT molecular complexity index is 559. The van der Waals surface area contributed by atoms with Crippen LogP contribution in [0.3, 0.4) is 0 Å². The molecule has 0 aliphatic heterocycles. The van der Waals surface area contributed by atoms with E-state index >= 15 is 0 Å². The smallest absolute Gasteiger partial charge is 0.340 e. The van der Waals surface area contributed by atoms with Gasteiger partial charge in [0.2, 0.25) is 9.84 Å². The van der Waals surface area contributed by atoms with Crippen molar-refractivity contribution in [2.75, 3.05) is 27.2 Å². The van der Waals surface area contributed by atoms with Gasteiger partial charge in [-0.1, -0.05) is 0 Å². The molecule has 0 radical (unpaired) electrons. The quantitative estimate of drug-likeness (QED) is 0.850. The van der Waals surface area contributed by atoms with Gasteiger partial charge in [-0.15, -0.1) is 0 Å². The minimum Gasteiger partial charge on any atom is -0.340 e. The highest BCUT2D eigenvalue weighted by Gasteiger charge is 2.26. The van der Waals surface area contributed by atoms with Crippen LogP contribution in [0.15, 0.2) is 29.2 Å². The number of hydrogen-bond acceptors (Lipinski definition) is 4. The second kappa shape index (κ2) is 6.76. The van der Waals surface area contributed by atoms with Crippen LogP contribution in [0, 0.1) is 0 Å². The summed E-state index contributed by atoms with van der Waals surface area (Å²) < 4.78 is 47.2. The van der Waals surface area contributed by atoms with Gasteiger partial charge in [0.1, 0.15) is 0 Å². The lowest BCUT2D eigenvalue weighted by atomic mass is 10.2. The van der Waals surface area contributed by atoms with Crippen LogP contribution in [-0.2, 0) is 9.84 Å². The van der Waals surface area contributed by atoms with Crippen molar-refractivity contribution in [2.24, 2.45) is 0 Å². The molecule has 20 heavy (non-hydrogen) atoms. The number of benzene rings is 1. The van der Waals surface area contributed by atoms with Crippen LogP contribution in [-0.4, -0.2) is 52.2 Å². The summed E-state index contributed by atoms with van der Waals surface area (Å²) in [7, 11) is -1.27. The minimum atomic E-state index is -4.62. The van der Waals surface area contributed by atoms with E-state index in [1.54, 1.807) is 14.1 Å². The van der Waals surface area contributed by atoms with E-state index in [0.29, 0.717) is 13.1 Å². The fourth-order valence-electron chi connectivity index (χ4n) is 1.49. The van der Waals surface area contributed by atoms with E-state index in [1.807, 2.05) is 0 Å². The van der Waals surface area contributed by atoms with Crippen LogP contribution in [0.5, 0.6) is 0 Å². The standard InChI is InChI=1S/C12H16F2N2O3S/c1-15-7-8-16(2)11(17)9-3-5-10(6-4-9)20(18,19)12(13)14/h3-6,12,15H,7-8H2,1-2H3. The van der Waals surface area contributed by atoms with Crippen LogP contribution in [0.4, 0.5) is 8.78 Å². The first-order valence-corrected chi connectivity index (χ1v) is 7.37. The van der Waals surface area contributed by atoms with Gasteiger partial charge < -0.3 is 10.2 Å². The second-order valence-corrected chi connectivity index (χ2v) is 6.08. The van der Waals surface area contributed by atoms with Crippen molar-refractivity contribution in [3.8, 4) is 0 Å². The monoisotopic (exact) mass is 306 g/mol. The summed E-state index contributed by atoms with van der Waals surface area (Å²) >= 11 is 0. The number of rotatable bonds is 6. The maximum atomic E-state index is 12.4. The predicted molar refractivity (Wildman–Crippen MR) is 70.5 cm³/mol. The fraction of sp³-hybridized carbons (Fsp3) is 0.417. The maximum Gasteiger partial charge on any atom is 0.341 e. The fourth-order valence-corrected chi connectivity index (χ4v) is 2.21. The topological polar surface area (TPSA) is 66.5 Å². The van der Waals surface area contributed by atoms with Crippen LogP contribution < -0.4 is 5.32 Å². The lowest BCUT2D eigenvalue weighted by molar-refractivity contribution is 0.0797. The number of nitrogens with one attached hydrogen (secondary N) is 1. The summed E-state index contributed by atoms with van der Waals surface area (Å²) in [5.41, 5.74) is 0.247. The molecule has 1 rings (SSSR count). The average molecular weight is 306 g/mol. The van der Waals surface area contributed by atoms with Crippen molar-refractivity contribution >= 4 is 15.7 Å². The highest BCUT2D eigenvalue weighted by atomic mass is 32.2. The molecule has 8 heteroatoms. The Morgan fingerprint density at radius 3 is 2.30 bits per heavy atom. The van der Waals surface area contributed by atoms with Gasteiger partial charge in [0.25, 0.3) is 5.91 Å². The summed E-state index contributed by atoms with van der Waals surface area (Å²) in [5.74, 6) is -3.77. The number of hydrogen-bond donors (Lipinski definition) is 1. The summed E-state index contributed by atoms with van der Waals surface area (Å²) in [4.78, 5) is 12.9. The number of likely N-dealkylation sites (N-methyl/N-ethyl adjacent to an activating group) is 2. The van der Waals surface area contributed by atoms with Gasteiger partial charge in [0.05, 0.1) is 4.90 Å². The third-order valence-electron chi connectivity index (χ3n) is 2.71. The highest BCUT2D eigenvalue weighted by Crippen LogP contribution is 2.19. The Labute approximate surface area is 116 Å². The molecule has 0 aromatic heterocycles. The molecule has 0 fully saturated rings. The highest BCUT2D eigenvalue weighted by molar-refractivity contribution is 7.91. The number of sulfone groups is 1. The zero-order valence-corrected chi connectivity index (χ0v) is 12.0. The molecule has 112 valence electrons. The van der Waals surface area contributed by atoms with Gasteiger partial charge >= 0.3 is 5.76 Å². The third-order valence-corrected chi connectivity index (χ3v) is 4.11. The molecule has 0 atom stereocenters. The van der Waals surface area contributed by atoms with Gasteiger partial charge in [0.15, 0.2) is 0 Å². The van der Waals surface area contributed by atoms with Gasteiger partial charge in [-0.05, 0) is 31.3 Å². The zero-order chi connectivity index (χ0) is 15.3. The normalized spacial score (nSPS) is 11.7. The van der Waals surface area contributed by atoms with E-state index in [-0.39, 0.29) is 11.5 Å². The summed E-state index contributed by atoms with van der Waals surface area (Å²) in [6, 6.07) is 4.49. The van der Waals surface area contributed by atoms with E-state index in [0.717, 1.165) is 12.1 Å². The molecule has 0 aliphatic rings. The van der Waals surface area contributed by atoms with Crippen molar-refractivity contribution < 1.29 is 22.0 Å². The molecule has 0 aliphatic carbocycles. The number of amides is 1. The van der Waals surface area contributed by atoms with Crippen molar-refractivity contribution in [1.29, 1.82) is 0 Å². The van der Waals surface area contributed by atoms with Crippen LogP contribution >= 0.6 is 0 Å². The Morgan fingerprint density at radius 2 is 1.85 bits per heavy atom. The number of carbonyl (C=O) groups excluding carboxylic acids is 1. The Balaban J connectivity index is 2.89. The SMILES string of the molecule is CNCCN(C)C(=O)c1ccc(S(=O)(=O)C(F)F)cc1. The van der Waals surface area contributed by atoms with E-state index < -0.39 is 20.5 Å². The van der Waals surface area contributed by atoms with E-state index in [2.05, 4.69) is 5.32 Å². The molecule has 0 bridgehead atoms. The summed E-state index contributed by atoms with van der Waals surface area (Å²) in [6.45, 7) is 1.09. The first kappa shape index (κ1) is 16.5. The Kier molecular flexibility index (Phi) is 5.58. The molecule has 0 heterocycles. The first-order valence-electron chi connectivity index (χ1n) is 5.83. The largest absolute Gasteiger partial charge is 0.341 e. The van der Waals surface area contributed by atoms with Gasteiger partial charge in [-0.3, -0.25) is 4.79 Å². The minimum absolute atomic E-state index is 0.247. The zero-order valence-electron chi connectivity index (χ0n) is 11.1. The third kappa shape index (κ3) is 3.73. The number of alkyl halides is 2. The van der Waals surface area contributed by atoms with Crippen molar-refractivity contribution in [1.82, 2.24) is 10.2 Å². The summed E-state index contributed by atoms with van der Waals surface area (Å²) in [6.07, 6.45) is 0. The number of carbonyl (C=O) groups is 1. The van der Waals surface area contributed by atoms with E-state index in [9.17, 15) is 22.0 Å². The maximum absolute atomic E-state index is 12.4. The molecule has 1 aromatic rings. The van der Waals surface area contributed by atoms with Crippen LogP contribution in [0.1, 0.15) is 10.4 Å². The van der Waals surface area contributed by atoms with Crippen molar-refractivity contribution in [2.45, 2.75) is 10.7 Å². The molecule has 5 nitrogen and oxygen atoms in total. The first-order chi connectivity index (χ1) is 9.30. The van der Waals surface area contributed by atoms with Crippen molar-refractivity contribution in [3.05, 3.63) is 29.8 Å². The van der Waals surface area contributed by atoms with Gasteiger partial charge in [0, 0.05) is 25.7 Å². The predicted octanol–water partition coefficient (Wildman–Crippen LogP) is 0.974. The molecule has 1 aromatic carbocycles. The number of halogens is 2. The molecule has 0 spiro atoms. The lowest BCUT2D eigenvalue weighted by Gasteiger charge is -2.17. The number of nitrogens with zero attached hydrogens (tertiary/aromatic N) is 1. The molecular formula is C12H16F2N2O3S. The second-order valence-electron chi connectivity index (χ2n) is 4.16. The Hall–Kier alpha value is -1.54. The van der Waals surface area contributed by atoms with E-state index in [1.165, 1.54) is 17.0 Å². The average Bonchev–Trinajstić information content (AvgIpc) is 2.43. The van der Waals surface area contributed by atoms with Crippen molar-refractivity contribution in [3.63, 3.8) is 0 Å². The van der Waals surface area contributed by atoms with E-state index in [4.69, 9.17) is 0 Å². The Morgan fingerprint density at radius 1 is 1.30 bits per heavy atom. The molecular weight excluding hydrogens is 290 g/mol.